The Bertz CT molecular complexity index is 1050. The van der Waals surface area contributed by atoms with Gasteiger partial charge in [-0.25, -0.2) is 0 Å². The van der Waals surface area contributed by atoms with Crippen LogP contribution in [0.5, 0.6) is 5.75 Å². The first-order valence-corrected chi connectivity index (χ1v) is 12.9. The topological polar surface area (TPSA) is 68.3 Å². The van der Waals surface area contributed by atoms with E-state index in [9.17, 15) is 9.90 Å². The molecule has 2 N–H and O–H groups in total. The van der Waals surface area contributed by atoms with Crippen LogP contribution in [0.1, 0.15) is 40.9 Å². The average Bonchev–Trinajstić information content (AvgIpc) is 2.92. The molecule has 1 unspecified atom stereocenters. The van der Waals surface area contributed by atoms with Crippen molar-refractivity contribution in [3.8, 4) is 5.75 Å². The lowest BCUT2D eigenvalue weighted by molar-refractivity contribution is 0.0287. The highest BCUT2D eigenvalue weighted by Crippen LogP contribution is 2.31. The van der Waals surface area contributed by atoms with Crippen LogP contribution < -0.4 is 10.1 Å². The molecule has 1 amide bonds. The highest BCUT2D eigenvalue weighted by molar-refractivity contribution is 5.97. The van der Waals surface area contributed by atoms with Crippen molar-refractivity contribution in [1.29, 1.82) is 0 Å². The number of aliphatic hydroxyl groups excluding tert-OH is 1. The van der Waals surface area contributed by atoms with E-state index in [0.717, 1.165) is 57.8 Å². The Balaban J connectivity index is 1.26. The fourth-order valence-corrected chi connectivity index (χ4v) is 5.55. The molecule has 3 heterocycles. The number of fused-ring (bicyclic) bond motifs is 2. The lowest BCUT2D eigenvalue weighted by atomic mass is 9.99. The van der Waals surface area contributed by atoms with Gasteiger partial charge in [-0.15, -0.1) is 0 Å². The number of benzene rings is 2. The number of carbonyl (C=O) groups is 1. The van der Waals surface area contributed by atoms with Gasteiger partial charge < -0.3 is 20.1 Å². The van der Waals surface area contributed by atoms with Crippen LogP contribution in [0.15, 0.2) is 42.5 Å². The number of hydrogen-bond donors (Lipinski definition) is 2. The van der Waals surface area contributed by atoms with E-state index in [1.54, 1.807) is 4.90 Å². The van der Waals surface area contributed by atoms with E-state index in [1.165, 1.54) is 11.1 Å². The van der Waals surface area contributed by atoms with E-state index in [1.807, 2.05) is 32.0 Å². The minimum atomic E-state index is -0.617. The first kappa shape index (κ1) is 24.3. The second kappa shape index (κ2) is 10.3. The average molecular weight is 479 g/mol. The third-order valence-electron chi connectivity index (χ3n) is 7.25. The standard InChI is InChI=1S/C28H38N4O3/c1-28(2)20-32(19-24(33)18-31-12-9-22-5-3-4-6-23(22)17-31)27(34)25-8-7-21(15-26(25)35-28)16-30-13-10-29-11-14-30/h3-8,15,24,29,33H,9-14,16-20H2,1-2H3. The summed E-state index contributed by atoms with van der Waals surface area (Å²) in [4.78, 5) is 20.0. The SMILES string of the molecule is CC1(C)CN(CC(O)CN2CCc3ccccc3C2)C(=O)c2ccc(CN3CCNCC3)cc2O1. The summed E-state index contributed by atoms with van der Waals surface area (Å²) in [5.74, 6) is 0.583. The Hall–Kier alpha value is -2.45. The van der Waals surface area contributed by atoms with E-state index in [-0.39, 0.29) is 5.91 Å². The molecule has 7 heteroatoms. The summed E-state index contributed by atoms with van der Waals surface area (Å²) in [6.07, 6.45) is 0.379. The molecule has 0 aromatic heterocycles. The molecule has 188 valence electrons. The largest absolute Gasteiger partial charge is 0.485 e. The van der Waals surface area contributed by atoms with Crippen molar-refractivity contribution >= 4 is 5.91 Å². The summed E-state index contributed by atoms with van der Waals surface area (Å²) in [6, 6.07) is 14.5. The Labute approximate surface area is 208 Å². The lowest BCUT2D eigenvalue weighted by Gasteiger charge is -2.33. The maximum Gasteiger partial charge on any atom is 0.257 e. The second-order valence-electron chi connectivity index (χ2n) is 10.8. The van der Waals surface area contributed by atoms with Gasteiger partial charge in [0.2, 0.25) is 0 Å². The van der Waals surface area contributed by atoms with Crippen molar-refractivity contribution in [3.05, 3.63) is 64.7 Å². The zero-order chi connectivity index (χ0) is 24.4. The fraction of sp³-hybridized carbons (Fsp3) is 0.536. The van der Waals surface area contributed by atoms with Crippen LogP contribution in [-0.2, 0) is 19.5 Å². The van der Waals surface area contributed by atoms with Gasteiger partial charge in [-0.05, 0) is 49.1 Å². The summed E-state index contributed by atoms with van der Waals surface area (Å²) in [6.45, 7) is 12.0. The zero-order valence-electron chi connectivity index (χ0n) is 21.0. The van der Waals surface area contributed by atoms with Gasteiger partial charge in [0.15, 0.2) is 0 Å². The Morgan fingerprint density at radius 3 is 2.60 bits per heavy atom. The number of carbonyl (C=O) groups excluding carboxylic acids is 1. The van der Waals surface area contributed by atoms with Crippen molar-refractivity contribution in [2.45, 2.75) is 45.1 Å². The predicted octanol–water partition coefficient (Wildman–Crippen LogP) is 2.12. The summed E-state index contributed by atoms with van der Waals surface area (Å²) in [7, 11) is 0. The fourth-order valence-electron chi connectivity index (χ4n) is 5.55. The Kier molecular flexibility index (Phi) is 7.12. The van der Waals surface area contributed by atoms with E-state index in [2.05, 4.69) is 39.4 Å². The normalized spacial score (nSPS) is 21.6. The summed E-state index contributed by atoms with van der Waals surface area (Å²) >= 11 is 0. The summed E-state index contributed by atoms with van der Waals surface area (Å²) < 4.78 is 6.36. The number of nitrogens with one attached hydrogen (secondary N) is 1. The molecule has 0 spiro atoms. The highest BCUT2D eigenvalue weighted by Gasteiger charge is 2.35. The number of rotatable bonds is 6. The second-order valence-corrected chi connectivity index (χ2v) is 10.8. The lowest BCUT2D eigenvalue weighted by Crippen LogP contribution is -2.48. The summed E-state index contributed by atoms with van der Waals surface area (Å²) in [5.41, 5.74) is 3.93. The van der Waals surface area contributed by atoms with Crippen molar-refractivity contribution in [1.82, 2.24) is 20.0 Å². The molecule has 0 radical (unpaired) electrons. The van der Waals surface area contributed by atoms with Crippen LogP contribution in [0.25, 0.3) is 0 Å². The van der Waals surface area contributed by atoms with E-state index >= 15 is 0 Å². The number of hydrogen-bond acceptors (Lipinski definition) is 6. The van der Waals surface area contributed by atoms with Crippen molar-refractivity contribution in [3.63, 3.8) is 0 Å². The molecule has 2 aromatic carbocycles. The van der Waals surface area contributed by atoms with Crippen molar-refractivity contribution in [2.24, 2.45) is 0 Å². The van der Waals surface area contributed by atoms with Crippen LogP contribution in [0.2, 0.25) is 0 Å². The van der Waals surface area contributed by atoms with Gasteiger partial charge in [0.25, 0.3) is 5.91 Å². The molecular weight excluding hydrogens is 440 g/mol. The molecule has 5 rings (SSSR count). The van der Waals surface area contributed by atoms with Crippen molar-refractivity contribution in [2.75, 3.05) is 52.4 Å². The molecule has 1 saturated heterocycles. The Morgan fingerprint density at radius 2 is 1.80 bits per heavy atom. The van der Waals surface area contributed by atoms with E-state index in [0.29, 0.717) is 30.9 Å². The van der Waals surface area contributed by atoms with Gasteiger partial charge in [0.1, 0.15) is 11.4 Å². The van der Waals surface area contributed by atoms with Gasteiger partial charge in [-0.3, -0.25) is 14.6 Å². The van der Waals surface area contributed by atoms with E-state index in [4.69, 9.17) is 4.74 Å². The molecule has 7 nitrogen and oxygen atoms in total. The van der Waals surface area contributed by atoms with Crippen LogP contribution in [0.4, 0.5) is 0 Å². The van der Waals surface area contributed by atoms with Crippen molar-refractivity contribution < 1.29 is 14.6 Å². The predicted molar refractivity (Wildman–Crippen MR) is 137 cm³/mol. The smallest absolute Gasteiger partial charge is 0.257 e. The molecule has 35 heavy (non-hydrogen) atoms. The molecule has 2 aromatic rings. The van der Waals surface area contributed by atoms with Crippen LogP contribution in [0, 0.1) is 0 Å². The number of nitrogens with zero attached hydrogens (tertiary/aromatic N) is 3. The first-order chi connectivity index (χ1) is 16.9. The van der Waals surface area contributed by atoms with Gasteiger partial charge in [-0.2, -0.15) is 0 Å². The molecule has 0 bridgehead atoms. The quantitative estimate of drug-likeness (QED) is 0.663. The Morgan fingerprint density at radius 1 is 1.03 bits per heavy atom. The number of ether oxygens (including phenoxy) is 1. The molecule has 0 aliphatic carbocycles. The van der Waals surface area contributed by atoms with Gasteiger partial charge in [0.05, 0.1) is 18.2 Å². The minimum absolute atomic E-state index is 0.0673. The molecule has 0 saturated carbocycles. The molecule has 3 aliphatic heterocycles. The third kappa shape index (κ3) is 5.86. The molecule has 1 fully saturated rings. The maximum absolute atomic E-state index is 13.5. The molecular formula is C28H38N4O3. The minimum Gasteiger partial charge on any atom is -0.485 e. The molecule has 3 aliphatic rings. The highest BCUT2D eigenvalue weighted by atomic mass is 16.5. The van der Waals surface area contributed by atoms with Crippen LogP contribution in [0.3, 0.4) is 0 Å². The van der Waals surface area contributed by atoms with Gasteiger partial charge in [-0.1, -0.05) is 30.3 Å². The first-order valence-electron chi connectivity index (χ1n) is 12.9. The van der Waals surface area contributed by atoms with Gasteiger partial charge >= 0.3 is 0 Å². The third-order valence-corrected chi connectivity index (χ3v) is 7.25. The number of amides is 1. The maximum atomic E-state index is 13.5. The monoisotopic (exact) mass is 478 g/mol. The molecule has 1 atom stereocenters. The van der Waals surface area contributed by atoms with Gasteiger partial charge in [0, 0.05) is 58.9 Å². The number of piperazine rings is 1. The van der Waals surface area contributed by atoms with Crippen LogP contribution in [-0.4, -0.2) is 89.8 Å². The summed E-state index contributed by atoms with van der Waals surface area (Å²) in [5, 5.41) is 14.4. The van der Waals surface area contributed by atoms with Crippen LogP contribution >= 0.6 is 0 Å². The number of aliphatic hydroxyl groups is 1. The number of β-amino-alcohol motifs (C(OH)–C–C–N with tert-alkyl or cyclic N) is 1. The zero-order valence-corrected chi connectivity index (χ0v) is 21.0. The van der Waals surface area contributed by atoms with E-state index < -0.39 is 11.7 Å².